The molecule has 1 saturated heterocycles. The molecule has 28 heavy (non-hydrogen) atoms. The van der Waals surface area contributed by atoms with Crippen LogP contribution in [0.1, 0.15) is 42.2 Å². The first-order chi connectivity index (χ1) is 13.5. The number of phenols is 1. The van der Waals surface area contributed by atoms with Gasteiger partial charge in [0.1, 0.15) is 5.75 Å². The molecule has 4 rings (SSSR count). The highest BCUT2D eigenvalue weighted by Crippen LogP contribution is 2.28. The van der Waals surface area contributed by atoms with Crippen molar-refractivity contribution in [1.29, 1.82) is 0 Å². The topological polar surface area (TPSA) is 103 Å². The lowest BCUT2D eigenvalue weighted by atomic mass is 9.85. The number of carbonyl (C=O) groups is 1. The highest BCUT2D eigenvalue weighted by Gasteiger charge is 2.32. The number of benzene rings is 1. The van der Waals surface area contributed by atoms with E-state index in [-0.39, 0.29) is 17.2 Å². The van der Waals surface area contributed by atoms with Crippen LogP contribution >= 0.6 is 0 Å². The molecule has 146 valence electrons. The van der Waals surface area contributed by atoms with Crippen LogP contribution in [0.15, 0.2) is 30.3 Å². The normalized spacial score (nSPS) is 16.2. The van der Waals surface area contributed by atoms with Crippen LogP contribution in [0.4, 0.5) is 0 Å². The van der Waals surface area contributed by atoms with E-state index in [1.54, 1.807) is 24.3 Å². The number of aromatic hydroxyl groups is 1. The zero-order valence-electron chi connectivity index (χ0n) is 16.2. The molecule has 0 saturated carbocycles. The quantitative estimate of drug-likeness (QED) is 0.558. The molecule has 7 heteroatoms. The minimum Gasteiger partial charge on any atom is -0.508 e. The second-order valence-corrected chi connectivity index (χ2v) is 7.47. The van der Waals surface area contributed by atoms with Gasteiger partial charge in [-0.15, -0.1) is 0 Å². The van der Waals surface area contributed by atoms with Crippen LogP contribution in [0.5, 0.6) is 5.75 Å². The minimum absolute atomic E-state index is 0.0966. The van der Waals surface area contributed by atoms with E-state index >= 15 is 0 Å². The summed E-state index contributed by atoms with van der Waals surface area (Å²) in [6.45, 7) is 5.81. The van der Waals surface area contributed by atoms with Gasteiger partial charge in [0.25, 0.3) is 5.91 Å². The summed E-state index contributed by atoms with van der Waals surface area (Å²) in [5, 5.41) is 24.2. The highest BCUT2D eigenvalue weighted by atomic mass is 16.3. The Morgan fingerprint density at radius 3 is 2.64 bits per heavy atom. The Balaban J connectivity index is 1.77. The number of H-pyrrole nitrogens is 1. The Bertz CT molecular complexity index is 1000. The van der Waals surface area contributed by atoms with E-state index in [0.717, 1.165) is 49.0 Å². The van der Waals surface area contributed by atoms with Crippen molar-refractivity contribution in [3.63, 3.8) is 0 Å². The van der Waals surface area contributed by atoms with E-state index in [4.69, 9.17) is 0 Å². The Morgan fingerprint density at radius 1 is 1.25 bits per heavy atom. The molecule has 2 aromatic heterocycles. The third-order valence-corrected chi connectivity index (χ3v) is 5.73. The Morgan fingerprint density at radius 2 is 1.96 bits per heavy atom. The van der Waals surface area contributed by atoms with Crippen LogP contribution in [0.2, 0.25) is 0 Å². The minimum atomic E-state index is -0.186. The van der Waals surface area contributed by atoms with Crippen molar-refractivity contribution in [1.82, 2.24) is 25.8 Å². The van der Waals surface area contributed by atoms with Gasteiger partial charge in [0, 0.05) is 11.1 Å². The van der Waals surface area contributed by atoms with Crippen molar-refractivity contribution >= 4 is 16.9 Å². The molecular formula is C21H25N5O2. The van der Waals surface area contributed by atoms with Gasteiger partial charge in [0.15, 0.2) is 5.65 Å². The standard InChI is InChI=1S/C21H25N5O2/c1-3-21(8-10-22-11-9-21)24-20(28)16-12-17(14-4-6-15(27)7-5-14)23-19-18(16)13(2)25-26-19/h4-7,12,22,27H,3,8-11H2,1-2H3,(H,24,28)(H,23,25,26). The predicted octanol–water partition coefficient (Wildman–Crippen LogP) is 2.90. The summed E-state index contributed by atoms with van der Waals surface area (Å²) in [6, 6.07) is 8.61. The molecule has 3 heterocycles. The molecular weight excluding hydrogens is 354 g/mol. The fourth-order valence-corrected chi connectivity index (χ4v) is 3.92. The highest BCUT2D eigenvalue weighted by molar-refractivity contribution is 6.07. The number of aromatic nitrogens is 3. The van der Waals surface area contributed by atoms with Crippen molar-refractivity contribution in [3.8, 4) is 17.0 Å². The Hall–Kier alpha value is -2.93. The molecule has 7 nitrogen and oxygen atoms in total. The number of aryl methyl sites for hydroxylation is 1. The number of fused-ring (bicyclic) bond motifs is 1. The monoisotopic (exact) mass is 379 g/mol. The molecule has 1 aromatic carbocycles. The van der Waals surface area contributed by atoms with Gasteiger partial charge in [-0.2, -0.15) is 5.10 Å². The SMILES string of the molecule is CCC1(NC(=O)c2cc(-c3ccc(O)cc3)nc3[nH]nc(C)c23)CCNCC1. The summed E-state index contributed by atoms with van der Waals surface area (Å²) in [5.41, 5.74) is 3.22. The first-order valence-electron chi connectivity index (χ1n) is 9.70. The summed E-state index contributed by atoms with van der Waals surface area (Å²) < 4.78 is 0. The maximum absolute atomic E-state index is 13.3. The fourth-order valence-electron chi connectivity index (χ4n) is 3.92. The first-order valence-corrected chi connectivity index (χ1v) is 9.70. The summed E-state index contributed by atoms with van der Waals surface area (Å²) in [7, 11) is 0. The zero-order chi connectivity index (χ0) is 19.7. The lowest BCUT2D eigenvalue weighted by Gasteiger charge is -2.37. The Kier molecular flexibility index (Phi) is 4.77. The number of hydrogen-bond acceptors (Lipinski definition) is 5. The van der Waals surface area contributed by atoms with Gasteiger partial charge in [0.05, 0.1) is 22.3 Å². The van der Waals surface area contributed by atoms with Gasteiger partial charge in [-0.3, -0.25) is 9.89 Å². The maximum atomic E-state index is 13.3. The molecule has 1 aliphatic rings. The second-order valence-electron chi connectivity index (χ2n) is 7.47. The van der Waals surface area contributed by atoms with Crippen molar-refractivity contribution < 1.29 is 9.90 Å². The molecule has 0 atom stereocenters. The van der Waals surface area contributed by atoms with E-state index < -0.39 is 0 Å². The van der Waals surface area contributed by atoms with Crippen LogP contribution in [-0.2, 0) is 0 Å². The fraction of sp³-hybridized carbons (Fsp3) is 0.381. The van der Waals surface area contributed by atoms with E-state index in [1.807, 2.05) is 13.0 Å². The van der Waals surface area contributed by atoms with Gasteiger partial charge >= 0.3 is 0 Å². The van der Waals surface area contributed by atoms with Crippen molar-refractivity contribution in [2.24, 2.45) is 0 Å². The number of pyridine rings is 1. The van der Waals surface area contributed by atoms with E-state index in [2.05, 4.69) is 32.7 Å². The van der Waals surface area contributed by atoms with Gasteiger partial charge in [0.2, 0.25) is 0 Å². The van der Waals surface area contributed by atoms with Crippen LogP contribution in [0.3, 0.4) is 0 Å². The molecule has 0 unspecified atom stereocenters. The third kappa shape index (κ3) is 3.33. The van der Waals surface area contributed by atoms with Gasteiger partial charge < -0.3 is 15.7 Å². The number of piperidine rings is 1. The van der Waals surface area contributed by atoms with Crippen LogP contribution in [0, 0.1) is 6.92 Å². The van der Waals surface area contributed by atoms with Gasteiger partial charge in [-0.25, -0.2) is 4.98 Å². The number of nitrogens with one attached hydrogen (secondary N) is 3. The predicted molar refractivity (Wildman–Crippen MR) is 108 cm³/mol. The first kappa shape index (κ1) is 18.4. The molecule has 4 N–H and O–H groups in total. The summed E-state index contributed by atoms with van der Waals surface area (Å²) in [6.07, 6.45) is 2.72. The van der Waals surface area contributed by atoms with Crippen LogP contribution in [0.25, 0.3) is 22.3 Å². The molecule has 0 spiro atoms. The molecule has 1 aliphatic heterocycles. The number of hydrogen-bond donors (Lipinski definition) is 4. The summed E-state index contributed by atoms with van der Waals surface area (Å²) >= 11 is 0. The molecule has 0 radical (unpaired) electrons. The van der Waals surface area contributed by atoms with Crippen molar-refractivity contribution in [2.75, 3.05) is 13.1 Å². The van der Waals surface area contributed by atoms with Gasteiger partial charge in [-0.1, -0.05) is 6.92 Å². The number of carbonyl (C=O) groups excluding carboxylic acids is 1. The smallest absolute Gasteiger partial charge is 0.252 e. The van der Waals surface area contributed by atoms with E-state index in [1.165, 1.54) is 0 Å². The third-order valence-electron chi connectivity index (χ3n) is 5.73. The number of aromatic amines is 1. The van der Waals surface area contributed by atoms with Crippen molar-refractivity contribution in [2.45, 2.75) is 38.6 Å². The molecule has 0 aliphatic carbocycles. The number of rotatable bonds is 4. The Labute approximate surface area is 163 Å². The lowest BCUT2D eigenvalue weighted by Crippen LogP contribution is -2.54. The number of amides is 1. The maximum Gasteiger partial charge on any atom is 0.252 e. The van der Waals surface area contributed by atoms with Gasteiger partial charge in [-0.05, 0) is 69.6 Å². The summed E-state index contributed by atoms with van der Waals surface area (Å²) in [5.74, 6) is 0.0941. The number of phenolic OH excluding ortho intramolecular Hbond substituents is 1. The average Bonchev–Trinajstić information content (AvgIpc) is 3.09. The number of nitrogens with zero attached hydrogens (tertiary/aromatic N) is 2. The molecule has 0 bridgehead atoms. The van der Waals surface area contributed by atoms with Crippen LogP contribution < -0.4 is 10.6 Å². The average molecular weight is 379 g/mol. The zero-order valence-corrected chi connectivity index (χ0v) is 16.2. The van der Waals surface area contributed by atoms with Crippen molar-refractivity contribution in [3.05, 3.63) is 41.6 Å². The molecule has 1 fully saturated rings. The summed E-state index contributed by atoms with van der Waals surface area (Å²) in [4.78, 5) is 18.0. The second kappa shape index (κ2) is 7.24. The largest absolute Gasteiger partial charge is 0.508 e. The van der Waals surface area contributed by atoms with Crippen LogP contribution in [-0.4, -0.2) is 44.8 Å². The lowest BCUT2D eigenvalue weighted by molar-refractivity contribution is 0.0872. The molecule has 1 amide bonds. The molecule has 3 aromatic rings. The van der Waals surface area contributed by atoms with E-state index in [9.17, 15) is 9.90 Å². The van der Waals surface area contributed by atoms with E-state index in [0.29, 0.717) is 16.9 Å².